The van der Waals surface area contributed by atoms with Gasteiger partial charge in [0.05, 0.1) is 33.2 Å². The maximum absolute atomic E-state index is 12.9. The van der Waals surface area contributed by atoms with Crippen LogP contribution >= 0.6 is 11.6 Å². The van der Waals surface area contributed by atoms with Gasteiger partial charge in [-0.1, -0.05) is 17.7 Å². The minimum Gasteiger partial charge on any atom is -0.383 e. The number of halogens is 4. The number of benzene rings is 2. The van der Waals surface area contributed by atoms with E-state index in [1.807, 2.05) is 6.07 Å². The summed E-state index contributed by atoms with van der Waals surface area (Å²) in [6, 6.07) is 11.9. The number of amides is 1. The van der Waals surface area contributed by atoms with Gasteiger partial charge in [0.15, 0.2) is 0 Å². The number of fused-ring (bicyclic) bond motifs is 1. The third-order valence-corrected chi connectivity index (χ3v) is 8.99. The summed E-state index contributed by atoms with van der Waals surface area (Å²) in [5.74, 6) is -0.195. The fourth-order valence-corrected chi connectivity index (χ4v) is 6.44. The highest BCUT2D eigenvalue weighted by Gasteiger charge is 2.31. The topological polar surface area (TPSA) is 92.3 Å². The lowest BCUT2D eigenvalue weighted by Crippen LogP contribution is -2.49. The number of piperazine rings is 1. The van der Waals surface area contributed by atoms with E-state index < -0.39 is 17.6 Å². The Bertz CT molecular complexity index is 1620. The van der Waals surface area contributed by atoms with Crippen LogP contribution in [0.1, 0.15) is 47.6 Å². The second kappa shape index (κ2) is 11.8. The number of rotatable bonds is 5. The van der Waals surface area contributed by atoms with Crippen molar-refractivity contribution in [2.24, 2.45) is 0 Å². The van der Waals surface area contributed by atoms with Gasteiger partial charge in [0.1, 0.15) is 11.5 Å². The van der Waals surface area contributed by atoms with Gasteiger partial charge < -0.3 is 16.0 Å². The number of aromatic nitrogens is 3. The van der Waals surface area contributed by atoms with Crippen LogP contribution in [0.2, 0.25) is 5.02 Å². The number of hydrogen-bond donors (Lipinski definition) is 2. The summed E-state index contributed by atoms with van der Waals surface area (Å²) in [6.45, 7) is 4.45. The molecule has 3 heterocycles. The van der Waals surface area contributed by atoms with Crippen molar-refractivity contribution in [2.75, 3.05) is 44.3 Å². The van der Waals surface area contributed by atoms with Crippen molar-refractivity contribution in [2.45, 2.75) is 43.9 Å². The molecule has 8 nitrogen and oxygen atoms in total. The maximum Gasteiger partial charge on any atom is 0.416 e. The lowest BCUT2D eigenvalue weighted by atomic mass is 9.89. The first-order valence-corrected chi connectivity index (χ1v) is 14.8. The Kier molecular flexibility index (Phi) is 8.06. The number of likely N-dealkylation sites (N-methyl/N-ethyl adjacent to an activating group) is 1. The van der Waals surface area contributed by atoms with E-state index in [0.29, 0.717) is 28.8 Å². The van der Waals surface area contributed by atoms with Crippen LogP contribution in [0.15, 0.2) is 54.7 Å². The number of nitrogens with zero attached hydrogens (tertiary/aromatic N) is 5. The molecule has 0 radical (unpaired) electrons. The van der Waals surface area contributed by atoms with Crippen molar-refractivity contribution >= 4 is 39.9 Å². The molecule has 2 aromatic heterocycles. The predicted molar refractivity (Wildman–Crippen MR) is 162 cm³/mol. The quantitative estimate of drug-likeness (QED) is 0.274. The van der Waals surface area contributed by atoms with Crippen molar-refractivity contribution in [3.05, 3.63) is 70.9 Å². The SMILES string of the molecule is CN1CCN(C2CCC(n3nc(-c4ccc(NC(=O)c5ccc(C(F)(F)F)cc5)c(Cl)c4)c4c(N)nccc43)CC2)CC1. The third kappa shape index (κ3) is 6.07. The van der Waals surface area contributed by atoms with E-state index in [1.54, 1.807) is 24.4 Å². The number of hydrogen-bond acceptors (Lipinski definition) is 6. The first-order chi connectivity index (χ1) is 20.6. The Labute approximate surface area is 252 Å². The normalized spacial score (nSPS) is 20.4. The molecule has 1 aliphatic carbocycles. The standard InChI is InChI=1S/C31H33ClF3N7O/c1-40-14-16-41(17-15-40)22-7-9-23(10-8-22)42-26-12-13-37-29(36)27(26)28(39-42)20-4-11-25(24(32)18-20)38-30(43)19-2-5-21(6-3-19)31(33,34)35/h2-6,11-13,18,22-23H,7-10,14-17H2,1H3,(H2,36,37)(H,38,43). The van der Waals surface area contributed by atoms with Gasteiger partial charge in [-0.25, -0.2) is 4.98 Å². The van der Waals surface area contributed by atoms with Crippen molar-refractivity contribution in [1.29, 1.82) is 0 Å². The van der Waals surface area contributed by atoms with Gasteiger partial charge in [0, 0.05) is 49.5 Å². The Hall–Kier alpha value is -3.67. The highest BCUT2D eigenvalue weighted by atomic mass is 35.5. The second-order valence-electron chi connectivity index (χ2n) is 11.4. The van der Waals surface area contributed by atoms with E-state index >= 15 is 0 Å². The lowest BCUT2D eigenvalue weighted by molar-refractivity contribution is -0.137. The molecule has 1 saturated heterocycles. The minimum absolute atomic E-state index is 0.0825. The van der Waals surface area contributed by atoms with Crippen LogP contribution in [0.4, 0.5) is 24.7 Å². The molecule has 2 aromatic carbocycles. The zero-order chi connectivity index (χ0) is 30.3. The zero-order valence-electron chi connectivity index (χ0n) is 23.7. The lowest BCUT2D eigenvalue weighted by Gasteiger charge is -2.41. The molecule has 0 unspecified atom stereocenters. The van der Waals surface area contributed by atoms with Crippen LogP contribution < -0.4 is 11.1 Å². The summed E-state index contributed by atoms with van der Waals surface area (Å²) in [7, 11) is 2.18. The summed E-state index contributed by atoms with van der Waals surface area (Å²) in [6.07, 6.45) is 1.49. The number of alkyl halides is 3. The minimum atomic E-state index is -4.48. The van der Waals surface area contributed by atoms with Crippen molar-refractivity contribution in [3.8, 4) is 11.3 Å². The monoisotopic (exact) mass is 611 g/mol. The highest BCUT2D eigenvalue weighted by Crippen LogP contribution is 2.39. The summed E-state index contributed by atoms with van der Waals surface area (Å²) in [5, 5.41) is 8.73. The number of nitrogens with two attached hydrogens (primary N) is 1. The summed E-state index contributed by atoms with van der Waals surface area (Å²) in [5.41, 5.74) is 8.24. The zero-order valence-corrected chi connectivity index (χ0v) is 24.5. The van der Waals surface area contributed by atoms with E-state index in [2.05, 4.69) is 31.8 Å². The molecule has 43 heavy (non-hydrogen) atoms. The van der Waals surface area contributed by atoms with Gasteiger partial charge >= 0.3 is 6.18 Å². The molecule has 226 valence electrons. The van der Waals surface area contributed by atoms with Crippen molar-refractivity contribution < 1.29 is 18.0 Å². The molecule has 0 bridgehead atoms. The summed E-state index contributed by atoms with van der Waals surface area (Å²) >= 11 is 6.59. The van der Waals surface area contributed by atoms with Crippen molar-refractivity contribution in [1.82, 2.24) is 24.6 Å². The van der Waals surface area contributed by atoms with E-state index in [1.165, 1.54) is 0 Å². The van der Waals surface area contributed by atoms with Gasteiger partial charge in [-0.3, -0.25) is 14.4 Å². The molecule has 12 heteroatoms. The van der Waals surface area contributed by atoms with E-state index in [-0.39, 0.29) is 16.6 Å². The van der Waals surface area contributed by atoms with Gasteiger partial charge in [-0.05, 0) is 75.2 Å². The van der Waals surface area contributed by atoms with Crippen LogP contribution in [0.25, 0.3) is 22.2 Å². The number of nitrogen functional groups attached to an aromatic ring is 1. The molecule has 1 saturated carbocycles. The second-order valence-corrected chi connectivity index (χ2v) is 11.8. The van der Waals surface area contributed by atoms with Crippen LogP contribution in [0, 0.1) is 0 Å². The molecule has 6 rings (SSSR count). The largest absolute Gasteiger partial charge is 0.416 e. The molecule has 1 amide bonds. The third-order valence-electron chi connectivity index (χ3n) is 8.68. The van der Waals surface area contributed by atoms with Crippen LogP contribution in [0.5, 0.6) is 0 Å². The average Bonchev–Trinajstić information content (AvgIpc) is 3.39. The predicted octanol–water partition coefficient (Wildman–Crippen LogP) is 6.34. The molecule has 3 N–H and O–H groups in total. The number of nitrogens with one attached hydrogen (secondary N) is 1. The van der Waals surface area contributed by atoms with Gasteiger partial charge in [0.25, 0.3) is 5.91 Å². The fourth-order valence-electron chi connectivity index (χ4n) is 6.22. The molecule has 4 aromatic rings. The summed E-state index contributed by atoms with van der Waals surface area (Å²) < 4.78 is 40.7. The molecule has 2 fully saturated rings. The number of carbonyl (C=O) groups excluding carboxylic acids is 1. The van der Waals surface area contributed by atoms with Gasteiger partial charge in [0.2, 0.25) is 0 Å². The first-order valence-electron chi connectivity index (χ1n) is 14.4. The number of pyridine rings is 1. The Morgan fingerprint density at radius 3 is 2.30 bits per heavy atom. The Morgan fingerprint density at radius 1 is 0.977 bits per heavy atom. The molecular weight excluding hydrogens is 579 g/mol. The van der Waals surface area contributed by atoms with Crippen LogP contribution in [-0.2, 0) is 6.18 Å². The number of carbonyl (C=O) groups is 1. The number of anilines is 2. The maximum atomic E-state index is 12.9. The first kappa shape index (κ1) is 29.4. The molecule has 0 spiro atoms. The molecule has 1 aliphatic heterocycles. The van der Waals surface area contributed by atoms with Gasteiger partial charge in [-0.15, -0.1) is 0 Å². The highest BCUT2D eigenvalue weighted by molar-refractivity contribution is 6.34. The van der Waals surface area contributed by atoms with Gasteiger partial charge in [-0.2, -0.15) is 18.3 Å². The van der Waals surface area contributed by atoms with E-state index in [9.17, 15) is 18.0 Å². The summed E-state index contributed by atoms with van der Waals surface area (Å²) in [4.78, 5) is 22.0. The van der Waals surface area contributed by atoms with Crippen LogP contribution in [0.3, 0.4) is 0 Å². The Morgan fingerprint density at radius 2 is 1.65 bits per heavy atom. The van der Waals surface area contributed by atoms with E-state index in [0.717, 1.165) is 87.0 Å². The molecule has 2 aliphatic rings. The molecular formula is C31H33ClF3N7O. The van der Waals surface area contributed by atoms with E-state index in [4.69, 9.17) is 22.4 Å². The fraction of sp³-hybridized carbons (Fsp3) is 0.387. The van der Waals surface area contributed by atoms with Crippen molar-refractivity contribution in [3.63, 3.8) is 0 Å². The molecule has 0 atom stereocenters. The average molecular weight is 612 g/mol. The Balaban J connectivity index is 1.21. The van der Waals surface area contributed by atoms with Crippen LogP contribution in [-0.4, -0.2) is 69.7 Å². The smallest absolute Gasteiger partial charge is 0.383 e.